The third-order valence-electron chi connectivity index (χ3n) is 2.71. The number of esters is 1. The lowest BCUT2D eigenvalue weighted by molar-refractivity contribution is 0.0520. The van der Waals surface area contributed by atoms with Gasteiger partial charge >= 0.3 is 5.97 Å². The molecular weight excluding hydrogens is 246 g/mol. The molecule has 0 amide bonds. The smallest absolute Gasteiger partial charge is 0.360 e. The molecule has 19 heavy (non-hydrogen) atoms. The molecule has 0 aliphatic rings. The Labute approximate surface area is 111 Å². The zero-order valence-corrected chi connectivity index (χ0v) is 11.1. The Bertz CT molecular complexity index is 589. The quantitative estimate of drug-likeness (QED) is 0.792. The summed E-state index contributed by atoms with van der Waals surface area (Å²) in [6.45, 7) is 3.98. The van der Waals surface area contributed by atoms with Crippen molar-refractivity contribution in [1.29, 1.82) is 0 Å². The lowest BCUT2D eigenvalue weighted by Crippen LogP contribution is -2.06. The number of oxazole rings is 1. The lowest BCUT2D eigenvalue weighted by Gasteiger charge is -2.06. The van der Waals surface area contributed by atoms with Crippen LogP contribution in [0.15, 0.2) is 29.0 Å². The number of benzene rings is 1. The Kier molecular flexibility index (Phi) is 3.85. The highest BCUT2D eigenvalue weighted by molar-refractivity contribution is 5.93. The second-order valence-corrected chi connectivity index (χ2v) is 3.93. The molecule has 1 heterocycles. The monoisotopic (exact) mass is 261 g/mol. The second kappa shape index (κ2) is 5.56. The number of rotatable bonds is 4. The van der Waals surface area contributed by atoms with E-state index in [1.165, 1.54) is 6.39 Å². The van der Waals surface area contributed by atoms with Gasteiger partial charge in [0.15, 0.2) is 17.8 Å². The van der Waals surface area contributed by atoms with E-state index in [1.807, 2.05) is 19.1 Å². The highest BCUT2D eigenvalue weighted by atomic mass is 16.5. The van der Waals surface area contributed by atoms with Gasteiger partial charge in [0.25, 0.3) is 0 Å². The Morgan fingerprint density at radius 1 is 1.42 bits per heavy atom. The van der Waals surface area contributed by atoms with Gasteiger partial charge in [0.2, 0.25) is 0 Å². The van der Waals surface area contributed by atoms with Gasteiger partial charge in [-0.1, -0.05) is 12.1 Å². The van der Waals surface area contributed by atoms with Gasteiger partial charge in [-0.2, -0.15) is 0 Å². The van der Waals surface area contributed by atoms with E-state index in [4.69, 9.17) is 13.9 Å². The highest BCUT2D eigenvalue weighted by Gasteiger charge is 2.19. The van der Waals surface area contributed by atoms with Crippen molar-refractivity contribution in [3.8, 4) is 17.1 Å². The van der Waals surface area contributed by atoms with Crippen LogP contribution in [0, 0.1) is 6.92 Å². The first-order chi connectivity index (χ1) is 9.17. The summed E-state index contributed by atoms with van der Waals surface area (Å²) in [4.78, 5) is 15.7. The van der Waals surface area contributed by atoms with Crippen LogP contribution in [-0.2, 0) is 4.74 Å². The predicted molar refractivity (Wildman–Crippen MR) is 69.2 cm³/mol. The fraction of sp³-hybridized carbons (Fsp3) is 0.286. The zero-order chi connectivity index (χ0) is 13.8. The van der Waals surface area contributed by atoms with Gasteiger partial charge in [0.1, 0.15) is 5.75 Å². The van der Waals surface area contributed by atoms with Crippen LogP contribution < -0.4 is 4.74 Å². The van der Waals surface area contributed by atoms with Crippen molar-refractivity contribution < 1.29 is 18.7 Å². The van der Waals surface area contributed by atoms with Gasteiger partial charge in [-0.05, 0) is 25.5 Å². The number of ether oxygens (including phenoxy) is 2. The van der Waals surface area contributed by atoms with E-state index in [0.29, 0.717) is 12.4 Å². The number of carbonyl (C=O) groups excluding carboxylic acids is 1. The Morgan fingerprint density at radius 2 is 2.21 bits per heavy atom. The SMILES string of the molecule is CCOC(=O)c1ncoc1-c1ccc(C)c(OC)c1. The van der Waals surface area contributed by atoms with Gasteiger partial charge in [-0.25, -0.2) is 9.78 Å². The first-order valence-electron chi connectivity index (χ1n) is 5.93. The third-order valence-corrected chi connectivity index (χ3v) is 2.71. The third kappa shape index (κ3) is 2.59. The molecule has 5 heteroatoms. The topological polar surface area (TPSA) is 61.6 Å². The number of aromatic nitrogens is 1. The van der Waals surface area contributed by atoms with Gasteiger partial charge in [-0.15, -0.1) is 0 Å². The summed E-state index contributed by atoms with van der Waals surface area (Å²) in [5.41, 5.74) is 1.90. The first kappa shape index (κ1) is 13.1. The van der Waals surface area contributed by atoms with Gasteiger partial charge in [-0.3, -0.25) is 0 Å². The molecule has 0 aliphatic heterocycles. The summed E-state index contributed by atoms with van der Waals surface area (Å²) in [5, 5.41) is 0. The van der Waals surface area contributed by atoms with Gasteiger partial charge in [0, 0.05) is 5.56 Å². The molecule has 2 rings (SSSR count). The standard InChI is InChI=1S/C14H15NO4/c1-4-18-14(16)12-13(19-8-15-12)10-6-5-9(2)11(7-10)17-3/h5-8H,4H2,1-3H3. The van der Waals surface area contributed by atoms with Gasteiger partial charge in [0.05, 0.1) is 13.7 Å². The molecule has 0 saturated heterocycles. The summed E-state index contributed by atoms with van der Waals surface area (Å²) in [6, 6.07) is 5.55. The number of aryl methyl sites for hydroxylation is 1. The van der Waals surface area contributed by atoms with E-state index in [1.54, 1.807) is 20.1 Å². The summed E-state index contributed by atoms with van der Waals surface area (Å²) >= 11 is 0. The summed E-state index contributed by atoms with van der Waals surface area (Å²) < 4.78 is 15.5. The number of hydrogen-bond acceptors (Lipinski definition) is 5. The first-order valence-corrected chi connectivity index (χ1v) is 5.93. The molecule has 0 saturated carbocycles. The second-order valence-electron chi connectivity index (χ2n) is 3.93. The van der Waals surface area contributed by atoms with Crippen molar-refractivity contribution in [3.05, 3.63) is 35.9 Å². The van der Waals surface area contributed by atoms with E-state index in [9.17, 15) is 4.79 Å². The van der Waals surface area contributed by atoms with Gasteiger partial charge < -0.3 is 13.9 Å². The van der Waals surface area contributed by atoms with Crippen LogP contribution in [0.25, 0.3) is 11.3 Å². The van der Waals surface area contributed by atoms with Crippen LogP contribution in [0.5, 0.6) is 5.75 Å². The average Bonchev–Trinajstić information content (AvgIpc) is 2.89. The largest absolute Gasteiger partial charge is 0.496 e. The zero-order valence-electron chi connectivity index (χ0n) is 11.1. The van der Waals surface area contributed by atoms with Crippen LogP contribution in [0.1, 0.15) is 23.0 Å². The van der Waals surface area contributed by atoms with Crippen molar-refractivity contribution in [3.63, 3.8) is 0 Å². The summed E-state index contributed by atoms with van der Waals surface area (Å²) in [5.74, 6) is 0.617. The lowest BCUT2D eigenvalue weighted by atomic mass is 10.1. The molecule has 0 spiro atoms. The Morgan fingerprint density at radius 3 is 2.89 bits per heavy atom. The molecule has 0 fully saturated rings. The van der Waals surface area contributed by atoms with E-state index in [0.717, 1.165) is 16.9 Å². The number of methoxy groups -OCH3 is 1. The van der Waals surface area contributed by atoms with Crippen LogP contribution in [0.3, 0.4) is 0 Å². The van der Waals surface area contributed by atoms with E-state index in [-0.39, 0.29) is 5.69 Å². The molecule has 0 aliphatic carbocycles. The fourth-order valence-electron chi connectivity index (χ4n) is 1.76. The van der Waals surface area contributed by atoms with Crippen LogP contribution in [0.4, 0.5) is 0 Å². The van der Waals surface area contributed by atoms with Crippen molar-refractivity contribution in [2.75, 3.05) is 13.7 Å². The maximum absolute atomic E-state index is 11.7. The van der Waals surface area contributed by atoms with Crippen LogP contribution in [-0.4, -0.2) is 24.7 Å². The number of carbonyl (C=O) groups is 1. The minimum absolute atomic E-state index is 0.174. The molecule has 2 aromatic rings. The predicted octanol–water partition coefficient (Wildman–Crippen LogP) is 2.84. The molecule has 5 nitrogen and oxygen atoms in total. The van der Waals surface area contributed by atoms with E-state index >= 15 is 0 Å². The molecule has 100 valence electrons. The van der Waals surface area contributed by atoms with E-state index < -0.39 is 5.97 Å². The van der Waals surface area contributed by atoms with E-state index in [2.05, 4.69) is 4.98 Å². The normalized spacial score (nSPS) is 10.3. The molecule has 1 aromatic heterocycles. The summed E-state index contributed by atoms with van der Waals surface area (Å²) in [6.07, 6.45) is 1.23. The fourth-order valence-corrected chi connectivity index (χ4v) is 1.76. The molecule has 0 unspecified atom stereocenters. The molecular formula is C14H15NO4. The molecule has 1 aromatic carbocycles. The highest BCUT2D eigenvalue weighted by Crippen LogP contribution is 2.29. The Balaban J connectivity index is 2.42. The number of hydrogen-bond donors (Lipinski definition) is 0. The molecule has 0 N–H and O–H groups in total. The minimum atomic E-state index is -0.495. The molecule has 0 radical (unpaired) electrons. The molecule has 0 atom stereocenters. The Hall–Kier alpha value is -2.30. The van der Waals surface area contributed by atoms with Crippen molar-refractivity contribution >= 4 is 5.97 Å². The summed E-state index contributed by atoms with van der Waals surface area (Å²) in [7, 11) is 1.60. The number of nitrogens with zero attached hydrogens (tertiary/aromatic N) is 1. The van der Waals surface area contributed by atoms with Crippen LogP contribution in [0.2, 0.25) is 0 Å². The maximum atomic E-state index is 11.7. The molecule has 0 bridgehead atoms. The minimum Gasteiger partial charge on any atom is -0.496 e. The van der Waals surface area contributed by atoms with Crippen molar-refractivity contribution in [2.45, 2.75) is 13.8 Å². The average molecular weight is 261 g/mol. The van der Waals surface area contributed by atoms with Crippen LogP contribution >= 0.6 is 0 Å². The van der Waals surface area contributed by atoms with Crippen molar-refractivity contribution in [2.24, 2.45) is 0 Å². The van der Waals surface area contributed by atoms with Crippen molar-refractivity contribution in [1.82, 2.24) is 4.98 Å². The maximum Gasteiger partial charge on any atom is 0.360 e.